The Morgan fingerprint density at radius 1 is 0.939 bits per heavy atom. The molecule has 0 saturated carbocycles. The van der Waals surface area contributed by atoms with Crippen LogP contribution in [0, 0.1) is 0 Å². The second-order valence-corrected chi connectivity index (χ2v) is 12.8. The van der Waals surface area contributed by atoms with Crippen LogP contribution in [0.2, 0.25) is 0 Å². The van der Waals surface area contributed by atoms with Gasteiger partial charge in [-0.25, -0.2) is 9.78 Å². The summed E-state index contributed by atoms with van der Waals surface area (Å²) >= 11 is 0. The third-order valence-electron chi connectivity index (χ3n) is 7.67. The molecule has 0 atom stereocenters. The fraction of sp³-hybridized carbons (Fsp3) is 0.368. The average Bonchev–Trinajstić information content (AvgIpc) is 3.05. The zero-order valence-electron chi connectivity index (χ0n) is 28.8. The van der Waals surface area contributed by atoms with E-state index in [4.69, 9.17) is 9.47 Å². The van der Waals surface area contributed by atoms with Crippen LogP contribution in [0.25, 0.3) is 17.0 Å². The second kappa shape index (κ2) is 16.7. The van der Waals surface area contributed by atoms with Gasteiger partial charge in [0.25, 0.3) is 5.56 Å². The van der Waals surface area contributed by atoms with Crippen LogP contribution >= 0.6 is 0 Å². The molecule has 0 aliphatic heterocycles. The molecule has 0 saturated heterocycles. The van der Waals surface area contributed by atoms with E-state index < -0.39 is 35.7 Å². The quantitative estimate of drug-likeness (QED) is 0.160. The summed E-state index contributed by atoms with van der Waals surface area (Å²) in [4.78, 5) is 72.2. The highest BCUT2D eigenvalue weighted by Gasteiger charge is 2.30. The van der Waals surface area contributed by atoms with Crippen LogP contribution in [-0.4, -0.2) is 56.9 Å². The molecule has 1 aromatic heterocycles. The van der Waals surface area contributed by atoms with Gasteiger partial charge in [-0.15, -0.1) is 0 Å². The lowest BCUT2D eigenvalue weighted by Crippen LogP contribution is -2.40. The number of hydrogen-bond acceptors (Lipinski definition) is 8. The van der Waals surface area contributed by atoms with Crippen molar-refractivity contribution in [3.05, 3.63) is 100 Å². The highest BCUT2D eigenvalue weighted by Crippen LogP contribution is 2.33. The van der Waals surface area contributed by atoms with Gasteiger partial charge in [0.2, 0.25) is 11.7 Å². The van der Waals surface area contributed by atoms with Crippen molar-refractivity contribution in [2.75, 3.05) is 18.4 Å². The van der Waals surface area contributed by atoms with Gasteiger partial charge in [0.05, 0.1) is 12.7 Å². The van der Waals surface area contributed by atoms with Gasteiger partial charge in [-0.05, 0) is 38.3 Å². The summed E-state index contributed by atoms with van der Waals surface area (Å²) in [5.74, 6) is -1.29. The highest BCUT2D eigenvalue weighted by molar-refractivity contribution is 6.05. The molecular formula is C38H44N4O7. The molecule has 1 heterocycles. The van der Waals surface area contributed by atoms with E-state index in [0.29, 0.717) is 29.7 Å². The minimum Gasteiger partial charge on any atom is -0.444 e. The van der Waals surface area contributed by atoms with Crippen molar-refractivity contribution in [2.24, 2.45) is 0 Å². The van der Waals surface area contributed by atoms with Crippen molar-refractivity contribution in [1.82, 2.24) is 14.5 Å². The lowest BCUT2D eigenvalue weighted by atomic mass is 9.89. The second-order valence-electron chi connectivity index (χ2n) is 12.8. The molecule has 1 aliphatic carbocycles. The fourth-order valence-electron chi connectivity index (χ4n) is 5.43. The first-order valence-electron chi connectivity index (χ1n) is 16.5. The maximum absolute atomic E-state index is 14.4. The van der Waals surface area contributed by atoms with E-state index in [2.05, 4.69) is 17.2 Å². The molecule has 49 heavy (non-hydrogen) atoms. The van der Waals surface area contributed by atoms with Crippen LogP contribution in [0.5, 0.6) is 0 Å². The Bertz CT molecular complexity index is 1790. The number of nitrogens with one attached hydrogen (secondary N) is 1. The minimum absolute atomic E-state index is 0.0414. The number of allylic oxidation sites excluding steroid dienone is 2. The lowest BCUT2D eigenvalue weighted by molar-refractivity contribution is -0.140. The Kier molecular flexibility index (Phi) is 12.4. The molecule has 0 fully saturated rings. The van der Waals surface area contributed by atoms with Crippen LogP contribution in [0.1, 0.15) is 72.3 Å². The average molecular weight is 669 g/mol. The first-order chi connectivity index (χ1) is 23.4. The fourth-order valence-corrected chi connectivity index (χ4v) is 5.43. The molecule has 0 radical (unpaired) electrons. The summed E-state index contributed by atoms with van der Waals surface area (Å²) < 4.78 is 12.1. The van der Waals surface area contributed by atoms with E-state index in [1.165, 1.54) is 17.7 Å². The number of unbranched alkanes of at least 4 members (excludes halogenated alkanes) is 3. The minimum atomic E-state index is -0.832. The number of Topliss-reactive ketones (excluding diaryl/α,β-unsaturated/α-hetero) is 1. The van der Waals surface area contributed by atoms with Crippen LogP contribution in [-0.2, 0) is 30.4 Å². The van der Waals surface area contributed by atoms with E-state index in [1.807, 2.05) is 36.4 Å². The molecule has 0 bridgehead atoms. The number of anilines is 1. The van der Waals surface area contributed by atoms with Gasteiger partial charge in [-0.1, -0.05) is 92.9 Å². The number of amides is 2. The molecule has 11 heteroatoms. The van der Waals surface area contributed by atoms with Gasteiger partial charge in [0.1, 0.15) is 23.7 Å². The van der Waals surface area contributed by atoms with Crippen LogP contribution in [0.15, 0.2) is 89.1 Å². The largest absolute Gasteiger partial charge is 0.444 e. The van der Waals surface area contributed by atoms with Crippen molar-refractivity contribution >= 4 is 35.0 Å². The smallest absolute Gasteiger partial charge is 0.412 e. The van der Waals surface area contributed by atoms with Gasteiger partial charge in [-0.3, -0.25) is 29.1 Å². The van der Waals surface area contributed by atoms with Crippen LogP contribution in [0.4, 0.5) is 10.5 Å². The Labute approximate surface area is 286 Å². The van der Waals surface area contributed by atoms with Crippen molar-refractivity contribution in [2.45, 2.75) is 78.9 Å². The van der Waals surface area contributed by atoms with E-state index in [0.717, 1.165) is 24.8 Å². The number of nitrogens with zero attached hydrogens (tertiary/aromatic N) is 3. The number of esters is 1. The standard InChI is InChI=1S/C38H44N4O7/c1-6-7-8-15-22-41(24-30-29(27-16-11-9-12-17-27)20-21-32(44)34(30)48-26(2)43)33(45)25-42-35(28-18-13-10-14-19-28)39-23-31(36(42)46)40-37(47)49-38(3,4)5/h9-14,16-20,23H,6-8,15,21-22,24-25H2,1-5H3,(H,40,47). The zero-order chi connectivity index (χ0) is 35.6. The highest BCUT2D eigenvalue weighted by atomic mass is 16.6. The molecular weight excluding hydrogens is 624 g/mol. The molecule has 4 rings (SSSR count). The zero-order valence-corrected chi connectivity index (χ0v) is 28.8. The van der Waals surface area contributed by atoms with E-state index in [9.17, 15) is 24.0 Å². The number of hydrogen-bond donors (Lipinski definition) is 1. The number of ether oxygens (including phenoxy) is 2. The Morgan fingerprint density at radius 3 is 2.20 bits per heavy atom. The van der Waals surface area contributed by atoms with E-state index in [-0.39, 0.29) is 36.0 Å². The van der Waals surface area contributed by atoms with Crippen LogP contribution < -0.4 is 10.9 Å². The molecule has 0 unspecified atom stereocenters. The molecule has 2 amide bonds. The number of rotatable bonds is 13. The van der Waals surface area contributed by atoms with Gasteiger partial charge < -0.3 is 14.4 Å². The summed E-state index contributed by atoms with van der Waals surface area (Å²) in [5.41, 5.74) is 0.908. The normalized spacial score (nSPS) is 13.1. The lowest BCUT2D eigenvalue weighted by Gasteiger charge is -2.29. The van der Waals surface area contributed by atoms with Crippen molar-refractivity contribution in [1.29, 1.82) is 0 Å². The van der Waals surface area contributed by atoms with Crippen molar-refractivity contribution in [3.63, 3.8) is 0 Å². The summed E-state index contributed by atoms with van der Waals surface area (Å²) in [6.45, 7) is 8.30. The molecule has 2 aromatic carbocycles. The molecule has 11 nitrogen and oxygen atoms in total. The SMILES string of the molecule is CCCCCCN(CC1=C(OC(C)=O)C(=O)CC=C1c1ccccc1)C(=O)Cn1c(-c2ccccc2)ncc(NC(=O)OC(C)(C)C)c1=O. The van der Waals surface area contributed by atoms with E-state index in [1.54, 1.807) is 56.0 Å². The predicted octanol–water partition coefficient (Wildman–Crippen LogP) is 6.54. The van der Waals surface area contributed by atoms with Gasteiger partial charge in [0, 0.05) is 31.0 Å². The van der Waals surface area contributed by atoms with Crippen molar-refractivity contribution in [3.8, 4) is 11.4 Å². The Balaban J connectivity index is 1.77. The maximum Gasteiger partial charge on any atom is 0.412 e. The number of carbonyl (C=O) groups excluding carboxylic acids is 4. The van der Waals surface area contributed by atoms with Crippen molar-refractivity contribution < 1.29 is 28.7 Å². The number of aromatic nitrogens is 2. The topological polar surface area (TPSA) is 137 Å². The number of ketones is 1. The monoisotopic (exact) mass is 668 g/mol. The molecule has 0 spiro atoms. The van der Waals surface area contributed by atoms with E-state index >= 15 is 0 Å². The third kappa shape index (κ3) is 10.1. The number of benzene rings is 2. The Hall–Kier alpha value is -5.32. The Morgan fingerprint density at radius 2 is 1.59 bits per heavy atom. The van der Waals surface area contributed by atoms with Gasteiger partial charge in [-0.2, -0.15) is 0 Å². The van der Waals surface area contributed by atoms with Gasteiger partial charge >= 0.3 is 12.1 Å². The molecule has 3 aromatic rings. The maximum atomic E-state index is 14.4. The molecule has 258 valence electrons. The first kappa shape index (κ1) is 36.5. The predicted molar refractivity (Wildman–Crippen MR) is 187 cm³/mol. The van der Waals surface area contributed by atoms with Crippen LogP contribution in [0.3, 0.4) is 0 Å². The van der Waals surface area contributed by atoms with Gasteiger partial charge in [0.15, 0.2) is 5.76 Å². The third-order valence-corrected chi connectivity index (χ3v) is 7.67. The summed E-state index contributed by atoms with van der Waals surface area (Å²) in [6.07, 6.45) is 5.74. The summed E-state index contributed by atoms with van der Waals surface area (Å²) in [6, 6.07) is 18.3. The summed E-state index contributed by atoms with van der Waals surface area (Å²) in [5, 5.41) is 2.47. The molecule has 1 N–H and O–H groups in total. The summed E-state index contributed by atoms with van der Waals surface area (Å²) in [7, 11) is 0. The molecule has 1 aliphatic rings. The first-order valence-corrected chi connectivity index (χ1v) is 16.5. The number of carbonyl (C=O) groups is 4.